The maximum Gasteiger partial charge on any atom is 0.379 e. The Labute approximate surface area is 281 Å². The van der Waals surface area contributed by atoms with Crippen LogP contribution < -0.4 is 24.7 Å². The number of hydrogen-bond acceptors (Lipinski definition) is 8. The van der Waals surface area contributed by atoms with Gasteiger partial charge in [0.25, 0.3) is 0 Å². The number of ether oxygens (including phenoxy) is 4. The van der Waals surface area contributed by atoms with Gasteiger partial charge < -0.3 is 29.1 Å². The Morgan fingerprint density at radius 2 is 1.74 bits per heavy atom. The Bertz CT molecular complexity index is 2130. The molecule has 2 heterocycles. The first kappa shape index (κ1) is 31.9. The summed E-state index contributed by atoms with van der Waals surface area (Å²) >= 11 is 12.4. The number of rotatable bonds is 8. The molecule has 0 radical (unpaired) electrons. The Morgan fingerprint density at radius 1 is 0.957 bits per heavy atom. The van der Waals surface area contributed by atoms with E-state index >= 15 is 0 Å². The van der Waals surface area contributed by atoms with Crippen molar-refractivity contribution in [3.8, 4) is 29.1 Å². The molecule has 0 saturated carbocycles. The molecule has 0 fully saturated rings. The van der Waals surface area contributed by atoms with Gasteiger partial charge in [-0.25, -0.2) is 4.79 Å². The minimum absolute atomic E-state index is 0.0528. The molecular formula is C37H30Cl2N2O6. The third-order valence-corrected chi connectivity index (χ3v) is 8.73. The first-order valence-corrected chi connectivity index (χ1v) is 15.6. The number of esters is 1. The highest BCUT2D eigenvalue weighted by atomic mass is 35.5. The maximum atomic E-state index is 13.2. The fraction of sp³-hybridized carbons (Fsp3) is 0.189. The van der Waals surface area contributed by atoms with Gasteiger partial charge in [-0.2, -0.15) is 5.26 Å². The van der Waals surface area contributed by atoms with Gasteiger partial charge in [0.2, 0.25) is 11.6 Å². The number of carbonyl (C=O) groups is 1. The summed E-state index contributed by atoms with van der Waals surface area (Å²) in [5, 5.41) is 12.0. The molecule has 1 aliphatic rings. The second kappa shape index (κ2) is 13.0. The van der Waals surface area contributed by atoms with Gasteiger partial charge >= 0.3 is 5.97 Å². The van der Waals surface area contributed by atoms with E-state index in [1.807, 2.05) is 52.0 Å². The summed E-state index contributed by atoms with van der Waals surface area (Å²) in [6.45, 7) is 8.27. The lowest BCUT2D eigenvalue weighted by atomic mass is 9.83. The minimum atomic E-state index is -0.639. The number of hydrogen-bond donors (Lipinski definition) is 1. The third-order valence-electron chi connectivity index (χ3n) is 8.14. The molecule has 1 atom stereocenters. The van der Waals surface area contributed by atoms with Crippen LogP contribution in [0, 0.1) is 32.1 Å². The largest absolute Gasteiger partial charge is 0.490 e. The summed E-state index contributed by atoms with van der Waals surface area (Å²) in [5.41, 5.74) is 12.1. The monoisotopic (exact) mass is 668 g/mol. The van der Waals surface area contributed by atoms with Crippen molar-refractivity contribution in [3.05, 3.63) is 127 Å². The molecule has 1 aliphatic heterocycles. The van der Waals surface area contributed by atoms with Crippen LogP contribution in [0.15, 0.2) is 82.6 Å². The van der Waals surface area contributed by atoms with Gasteiger partial charge in [-0.3, -0.25) is 0 Å². The Hall–Kier alpha value is -5.10. The minimum Gasteiger partial charge on any atom is -0.490 e. The quantitative estimate of drug-likeness (QED) is 0.128. The van der Waals surface area contributed by atoms with E-state index in [0.717, 1.165) is 27.6 Å². The number of nitrogens with two attached hydrogens (primary N) is 1. The van der Waals surface area contributed by atoms with Crippen molar-refractivity contribution in [3.63, 3.8) is 0 Å². The summed E-state index contributed by atoms with van der Waals surface area (Å²) in [6, 6.07) is 21.7. The zero-order valence-electron chi connectivity index (χ0n) is 26.1. The second-order valence-electron chi connectivity index (χ2n) is 11.2. The van der Waals surface area contributed by atoms with E-state index in [9.17, 15) is 10.1 Å². The van der Waals surface area contributed by atoms with E-state index < -0.39 is 11.9 Å². The number of carbonyl (C=O) groups excluding carboxylic acids is 1. The molecule has 0 saturated heterocycles. The average Bonchev–Trinajstić information content (AvgIpc) is 3.35. The van der Waals surface area contributed by atoms with Crippen molar-refractivity contribution in [2.75, 3.05) is 6.61 Å². The fourth-order valence-electron chi connectivity index (χ4n) is 5.55. The molecule has 8 nitrogen and oxygen atoms in total. The van der Waals surface area contributed by atoms with Crippen LogP contribution in [0.1, 0.15) is 56.8 Å². The van der Waals surface area contributed by atoms with Crippen molar-refractivity contribution in [1.82, 2.24) is 0 Å². The summed E-state index contributed by atoms with van der Waals surface area (Å²) in [7, 11) is 0. The van der Waals surface area contributed by atoms with Gasteiger partial charge in [-0.1, -0.05) is 41.4 Å². The smallest absolute Gasteiger partial charge is 0.379 e. The number of allylic oxidation sites excluding steroid dienone is 1. The van der Waals surface area contributed by atoms with Crippen LogP contribution >= 0.6 is 23.2 Å². The zero-order chi connectivity index (χ0) is 33.4. The molecule has 1 unspecified atom stereocenters. The lowest BCUT2D eigenvalue weighted by Gasteiger charge is -2.27. The highest BCUT2D eigenvalue weighted by Crippen LogP contribution is 2.45. The van der Waals surface area contributed by atoms with Gasteiger partial charge in [0.15, 0.2) is 11.5 Å². The standard InChI is InChI=1S/C37H30Cl2N2O6/c1-5-43-33-14-22(7-11-30(33)44-18-23-6-8-24(38)15-29(23)39)34-26-10-9-25(16-32(26)47-36(41)28(34)17-40)45-37(42)35-21(4)27-12-19(2)20(3)13-31(27)46-35/h6-16,34H,5,18,41H2,1-4H3. The van der Waals surface area contributed by atoms with Crippen LogP contribution in [-0.2, 0) is 6.61 Å². The molecule has 10 heteroatoms. The molecule has 5 aromatic rings. The topological polar surface area (TPSA) is 117 Å². The van der Waals surface area contributed by atoms with Crippen LogP contribution in [0.4, 0.5) is 0 Å². The number of furan rings is 1. The van der Waals surface area contributed by atoms with Crippen molar-refractivity contribution < 1.29 is 28.2 Å². The van der Waals surface area contributed by atoms with Gasteiger partial charge in [0, 0.05) is 38.2 Å². The van der Waals surface area contributed by atoms with Gasteiger partial charge in [0.05, 0.1) is 12.5 Å². The Balaban J connectivity index is 1.29. The first-order chi connectivity index (χ1) is 22.6. The van der Waals surface area contributed by atoms with E-state index in [1.165, 1.54) is 0 Å². The molecule has 6 rings (SSSR count). The fourth-order valence-corrected chi connectivity index (χ4v) is 6.02. The highest BCUT2D eigenvalue weighted by molar-refractivity contribution is 6.35. The highest BCUT2D eigenvalue weighted by Gasteiger charge is 2.32. The zero-order valence-corrected chi connectivity index (χ0v) is 27.6. The molecule has 1 aromatic heterocycles. The number of halogens is 2. The second-order valence-corrected chi connectivity index (χ2v) is 12.0. The van der Waals surface area contributed by atoms with E-state index in [2.05, 4.69) is 6.07 Å². The summed E-state index contributed by atoms with van der Waals surface area (Å²) in [6.07, 6.45) is 0. The molecule has 2 N–H and O–H groups in total. The van der Waals surface area contributed by atoms with E-state index in [4.69, 9.17) is 52.3 Å². The van der Waals surface area contributed by atoms with Gasteiger partial charge in [-0.05, 0) is 86.8 Å². The molecule has 0 spiro atoms. The van der Waals surface area contributed by atoms with Crippen molar-refractivity contribution in [2.45, 2.75) is 40.2 Å². The van der Waals surface area contributed by atoms with Crippen molar-refractivity contribution in [2.24, 2.45) is 5.73 Å². The lowest BCUT2D eigenvalue weighted by Crippen LogP contribution is -2.21. The van der Waals surface area contributed by atoms with Gasteiger partial charge in [-0.15, -0.1) is 0 Å². The molecule has 0 aliphatic carbocycles. The number of aryl methyl sites for hydroxylation is 3. The SMILES string of the molecule is CCOc1cc(C2C(C#N)=C(N)Oc3cc(OC(=O)c4oc5cc(C)c(C)cc5c4C)ccc32)ccc1OCc1ccc(Cl)cc1Cl. The maximum absolute atomic E-state index is 13.2. The average molecular weight is 670 g/mol. The first-order valence-electron chi connectivity index (χ1n) is 14.9. The molecule has 47 heavy (non-hydrogen) atoms. The molecule has 4 aromatic carbocycles. The summed E-state index contributed by atoms with van der Waals surface area (Å²) in [4.78, 5) is 13.2. The van der Waals surface area contributed by atoms with Crippen LogP contribution in [0.25, 0.3) is 11.0 Å². The predicted octanol–water partition coefficient (Wildman–Crippen LogP) is 9.08. The lowest BCUT2D eigenvalue weighted by molar-refractivity contribution is 0.0702. The van der Waals surface area contributed by atoms with Crippen molar-refractivity contribution >= 4 is 40.1 Å². The van der Waals surface area contributed by atoms with Crippen LogP contribution in [0.5, 0.6) is 23.0 Å². The summed E-state index contributed by atoms with van der Waals surface area (Å²) in [5.74, 6) is 0.400. The van der Waals surface area contributed by atoms with Crippen molar-refractivity contribution in [1.29, 1.82) is 5.26 Å². The number of fused-ring (bicyclic) bond motifs is 2. The number of nitriles is 1. The molecule has 238 valence electrons. The molecular weight excluding hydrogens is 639 g/mol. The molecule has 0 bridgehead atoms. The van der Waals surface area contributed by atoms with Gasteiger partial charge in [0.1, 0.15) is 35.3 Å². The molecule has 0 amide bonds. The summed E-state index contributed by atoms with van der Waals surface area (Å²) < 4.78 is 29.5. The Morgan fingerprint density at radius 3 is 2.49 bits per heavy atom. The third kappa shape index (κ3) is 6.20. The predicted molar refractivity (Wildman–Crippen MR) is 180 cm³/mol. The number of nitrogens with zero attached hydrogens (tertiary/aromatic N) is 1. The van der Waals surface area contributed by atoms with E-state index in [1.54, 1.807) is 42.5 Å². The van der Waals surface area contributed by atoms with E-state index in [0.29, 0.717) is 50.6 Å². The van der Waals surface area contributed by atoms with E-state index in [-0.39, 0.29) is 29.6 Å². The van der Waals surface area contributed by atoms with Crippen LogP contribution in [0.3, 0.4) is 0 Å². The normalized spacial score (nSPS) is 13.9. The van der Waals surface area contributed by atoms with Crippen LogP contribution in [-0.4, -0.2) is 12.6 Å². The van der Waals surface area contributed by atoms with Crippen LogP contribution in [0.2, 0.25) is 10.0 Å². The number of benzene rings is 4. The Kier molecular flexibility index (Phi) is 8.78.